The molecule has 0 aliphatic rings. The largest absolute Gasteiger partial charge is 0.354 e. The first-order valence-electron chi connectivity index (χ1n) is 10.2. The van der Waals surface area contributed by atoms with Crippen molar-refractivity contribution in [3.05, 3.63) is 97.1 Å². The maximum Gasteiger partial charge on any atom is 0.138 e. The van der Waals surface area contributed by atoms with Crippen LogP contribution >= 0.6 is 0 Å². The van der Waals surface area contributed by atoms with Crippen molar-refractivity contribution in [1.82, 2.24) is 14.5 Å². The van der Waals surface area contributed by atoms with Crippen LogP contribution in [0.5, 0.6) is 0 Å². The Morgan fingerprint density at radius 2 is 1.40 bits per heavy atom. The van der Waals surface area contributed by atoms with Gasteiger partial charge in [0.05, 0.1) is 16.6 Å². The third kappa shape index (κ3) is 2.01. The second-order valence-electron chi connectivity index (χ2n) is 7.77. The number of rotatable bonds is 1. The summed E-state index contributed by atoms with van der Waals surface area (Å²) >= 11 is 0. The SMILES string of the molecule is c1ccc2nc(-n3c4ccccc4c4ccc5[nH]c6ccccc6c5c43)ccc2c1. The average molecular weight is 383 g/mol. The van der Waals surface area contributed by atoms with E-state index in [1.54, 1.807) is 0 Å². The average Bonchev–Trinajstić information content (AvgIpc) is 3.34. The smallest absolute Gasteiger partial charge is 0.138 e. The first-order valence-corrected chi connectivity index (χ1v) is 10.2. The molecule has 140 valence electrons. The fraction of sp³-hybridized carbons (Fsp3) is 0. The van der Waals surface area contributed by atoms with E-state index in [0.29, 0.717) is 0 Å². The van der Waals surface area contributed by atoms with Crippen molar-refractivity contribution in [2.24, 2.45) is 0 Å². The van der Waals surface area contributed by atoms with E-state index in [2.05, 4.69) is 101 Å². The number of benzene rings is 4. The summed E-state index contributed by atoms with van der Waals surface area (Å²) in [5.41, 5.74) is 5.69. The predicted molar refractivity (Wildman–Crippen MR) is 125 cm³/mol. The highest BCUT2D eigenvalue weighted by Crippen LogP contribution is 2.39. The number of aromatic amines is 1. The Hall–Kier alpha value is -4.11. The lowest BCUT2D eigenvalue weighted by atomic mass is 10.1. The van der Waals surface area contributed by atoms with Gasteiger partial charge in [0.2, 0.25) is 0 Å². The zero-order valence-electron chi connectivity index (χ0n) is 16.1. The fourth-order valence-corrected chi connectivity index (χ4v) is 4.81. The molecule has 0 atom stereocenters. The van der Waals surface area contributed by atoms with Crippen LogP contribution in [0.3, 0.4) is 0 Å². The normalized spacial score (nSPS) is 12.0. The molecule has 0 aliphatic carbocycles. The number of nitrogens with one attached hydrogen (secondary N) is 1. The molecule has 30 heavy (non-hydrogen) atoms. The molecule has 0 unspecified atom stereocenters. The number of fused-ring (bicyclic) bond motifs is 8. The molecule has 3 nitrogen and oxygen atoms in total. The highest BCUT2D eigenvalue weighted by molar-refractivity contribution is 6.25. The van der Waals surface area contributed by atoms with Crippen LogP contribution in [0, 0.1) is 0 Å². The number of pyridine rings is 1. The molecule has 0 saturated heterocycles. The van der Waals surface area contributed by atoms with Crippen molar-refractivity contribution in [3.63, 3.8) is 0 Å². The Morgan fingerprint density at radius 1 is 0.600 bits per heavy atom. The summed E-state index contributed by atoms with van der Waals surface area (Å²) in [6.45, 7) is 0. The molecule has 3 heteroatoms. The molecule has 1 N–H and O–H groups in total. The monoisotopic (exact) mass is 383 g/mol. The van der Waals surface area contributed by atoms with Gasteiger partial charge in [0.25, 0.3) is 0 Å². The quantitative estimate of drug-likeness (QED) is 0.326. The number of hydrogen-bond acceptors (Lipinski definition) is 1. The Morgan fingerprint density at radius 3 is 2.37 bits per heavy atom. The van der Waals surface area contributed by atoms with Crippen molar-refractivity contribution in [2.45, 2.75) is 0 Å². The zero-order chi connectivity index (χ0) is 19.7. The molecule has 0 saturated carbocycles. The molecule has 0 aliphatic heterocycles. The van der Waals surface area contributed by atoms with Crippen molar-refractivity contribution in [2.75, 3.05) is 0 Å². The summed E-state index contributed by atoms with van der Waals surface area (Å²) in [6.07, 6.45) is 0. The van der Waals surface area contributed by atoms with E-state index in [0.717, 1.165) is 27.8 Å². The number of para-hydroxylation sites is 3. The van der Waals surface area contributed by atoms with E-state index in [4.69, 9.17) is 4.98 Å². The molecule has 0 bridgehead atoms. The minimum Gasteiger partial charge on any atom is -0.354 e. The molecule has 4 aromatic carbocycles. The van der Waals surface area contributed by atoms with Gasteiger partial charge >= 0.3 is 0 Å². The molecular weight excluding hydrogens is 366 g/mol. The van der Waals surface area contributed by atoms with Crippen LogP contribution in [0.15, 0.2) is 97.1 Å². The van der Waals surface area contributed by atoms with Crippen LogP contribution in [-0.2, 0) is 0 Å². The lowest BCUT2D eigenvalue weighted by Gasteiger charge is -2.09. The Bertz CT molecular complexity index is 1750. The molecule has 7 rings (SSSR count). The maximum absolute atomic E-state index is 5.04. The van der Waals surface area contributed by atoms with Gasteiger partial charge in [0, 0.05) is 38.0 Å². The molecule has 0 spiro atoms. The van der Waals surface area contributed by atoms with Crippen LogP contribution in [-0.4, -0.2) is 14.5 Å². The Labute approximate surface area is 172 Å². The van der Waals surface area contributed by atoms with Crippen LogP contribution in [0.2, 0.25) is 0 Å². The first-order chi connectivity index (χ1) is 14.9. The number of hydrogen-bond donors (Lipinski definition) is 1. The summed E-state index contributed by atoms with van der Waals surface area (Å²) in [5, 5.41) is 6.13. The number of H-pyrrole nitrogens is 1. The van der Waals surface area contributed by atoms with Gasteiger partial charge in [-0.3, -0.25) is 4.57 Å². The summed E-state index contributed by atoms with van der Waals surface area (Å²) in [5.74, 6) is 0.942. The van der Waals surface area contributed by atoms with Crippen molar-refractivity contribution < 1.29 is 0 Å². The van der Waals surface area contributed by atoms with Crippen molar-refractivity contribution in [1.29, 1.82) is 0 Å². The second-order valence-corrected chi connectivity index (χ2v) is 7.77. The van der Waals surface area contributed by atoms with E-state index >= 15 is 0 Å². The van der Waals surface area contributed by atoms with Gasteiger partial charge < -0.3 is 4.98 Å². The minimum atomic E-state index is 0.942. The Kier molecular flexibility index (Phi) is 3.00. The summed E-state index contributed by atoms with van der Waals surface area (Å²) in [4.78, 5) is 8.63. The second kappa shape index (κ2) is 5.71. The van der Waals surface area contributed by atoms with E-state index in [1.807, 2.05) is 6.07 Å². The molecule has 0 radical (unpaired) electrons. The third-order valence-electron chi connectivity index (χ3n) is 6.12. The molecule has 3 aromatic heterocycles. The van der Waals surface area contributed by atoms with Gasteiger partial charge in [-0.1, -0.05) is 60.7 Å². The van der Waals surface area contributed by atoms with Gasteiger partial charge in [-0.25, -0.2) is 4.98 Å². The van der Waals surface area contributed by atoms with E-state index < -0.39 is 0 Å². The predicted octanol–water partition coefficient (Wildman–Crippen LogP) is 6.97. The van der Waals surface area contributed by atoms with Gasteiger partial charge in [-0.15, -0.1) is 0 Å². The molecule has 0 amide bonds. The highest BCUT2D eigenvalue weighted by Gasteiger charge is 2.18. The van der Waals surface area contributed by atoms with Crippen LogP contribution in [0.4, 0.5) is 0 Å². The van der Waals surface area contributed by atoms with Crippen LogP contribution < -0.4 is 0 Å². The van der Waals surface area contributed by atoms with Gasteiger partial charge in [-0.05, 0) is 36.4 Å². The molecule has 7 aromatic rings. The number of nitrogens with zero attached hydrogens (tertiary/aromatic N) is 2. The maximum atomic E-state index is 5.04. The van der Waals surface area contributed by atoms with Crippen LogP contribution in [0.25, 0.3) is 60.3 Å². The summed E-state index contributed by atoms with van der Waals surface area (Å²) in [7, 11) is 0. The Balaban J connectivity index is 1.74. The molecule has 3 heterocycles. The van der Waals surface area contributed by atoms with Crippen molar-refractivity contribution in [3.8, 4) is 5.82 Å². The fourth-order valence-electron chi connectivity index (χ4n) is 4.81. The standard InChI is InChI=1S/C27H17N3/c1-4-10-21-17(7-1)13-16-25(29-21)30-24-12-6-3-8-18(24)19-14-15-23-26(27(19)30)20-9-2-5-11-22(20)28-23/h1-16,28H. The van der Waals surface area contributed by atoms with E-state index in [9.17, 15) is 0 Å². The lowest BCUT2D eigenvalue weighted by molar-refractivity contribution is 1.11. The summed E-state index contributed by atoms with van der Waals surface area (Å²) < 4.78 is 2.32. The van der Waals surface area contributed by atoms with E-state index in [-0.39, 0.29) is 0 Å². The number of aromatic nitrogens is 3. The zero-order valence-corrected chi connectivity index (χ0v) is 16.1. The summed E-state index contributed by atoms with van der Waals surface area (Å²) in [6, 6.07) is 34.1. The third-order valence-corrected chi connectivity index (χ3v) is 6.12. The van der Waals surface area contributed by atoms with E-state index in [1.165, 1.54) is 32.6 Å². The molecular formula is C27H17N3. The van der Waals surface area contributed by atoms with Gasteiger partial charge in [0.1, 0.15) is 5.82 Å². The van der Waals surface area contributed by atoms with Crippen molar-refractivity contribution >= 4 is 54.5 Å². The highest BCUT2D eigenvalue weighted by atomic mass is 15.1. The topological polar surface area (TPSA) is 33.6 Å². The minimum absolute atomic E-state index is 0.942. The first kappa shape index (κ1) is 15.8. The van der Waals surface area contributed by atoms with Crippen LogP contribution in [0.1, 0.15) is 0 Å². The van der Waals surface area contributed by atoms with Gasteiger partial charge in [0.15, 0.2) is 0 Å². The van der Waals surface area contributed by atoms with Gasteiger partial charge in [-0.2, -0.15) is 0 Å². The molecule has 0 fully saturated rings. The lowest BCUT2D eigenvalue weighted by Crippen LogP contribution is -1.97.